The van der Waals surface area contributed by atoms with Crippen LogP contribution in [0.5, 0.6) is 17.2 Å². The van der Waals surface area contributed by atoms with Crippen LogP contribution in [0, 0.1) is 11.3 Å². The van der Waals surface area contributed by atoms with Gasteiger partial charge in [0.05, 0.1) is 24.9 Å². The summed E-state index contributed by atoms with van der Waals surface area (Å²) in [6.45, 7) is 0.316. The van der Waals surface area contributed by atoms with Gasteiger partial charge in [-0.1, -0.05) is 84.4 Å². The molecule has 1 N–H and O–H groups in total. The molecular formula is C33H25ClN2O4. The number of nitrogens with one attached hydrogen (secondary N) is 1. The number of nitriles is 1. The Hall–Kier alpha value is -4.99. The first-order chi connectivity index (χ1) is 19.5. The molecule has 0 aliphatic rings. The van der Waals surface area contributed by atoms with Crippen molar-refractivity contribution in [3.8, 4) is 23.3 Å². The normalized spacial score (nSPS) is 11.2. The fraction of sp³-hybridized carbons (Fsp3) is 0.0909. The van der Waals surface area contributed by atoms with E-state index in [2.05, 4.69) is 23.5 Å². The Kier molecular flexibility index (Phi) is 7.86. The van der Waals surface area contributed by atoms with E-state index in [1.165, 1.54) is 20.3 Å². The summed E-state index contributed by atoms with van der Waals surface area (Å²) in [4.78, 5) is 13.3. The zero-order valence-corrected chi connectivity index (χ0v) is 22.7. The first kappa shape index (κ1) is 26.6. The molecule has 0 atom stereocenters. The number of fused-ring (bicyclic) bond motifs is 2. The van der Waals surface area contributed by atoms with E-state index in [-0.39, 0.29) is 5.57 Å². The Bertz CT molecular complexity index is 1800. The van der Waals surface area contributed by atoms with Crippen molar-refractivity contribution >= 4 is 50.8 Å². The first-order valence-electron chi connectivity index (χ1n) is 12.5. The lowest BCUT2D eigenvalue weighted by molar-refractivity contribution is -0.112. The van der Waals surface area contributed by atoms with E-state index in [9.17, 15) is 10.1 Å². The summed E-state index contributed by atoms with van der Waals surface area (Å²) in [6.07, 6.45) is 1.55. The number of carbonyl (C=O) groups excluding carboxylic acids is 1. The second-order valence-corrected chi connectivity index (χ2v) is 9.34. The highest BCUT2D eigenvalue weighted by Crippen LogP contribution is 2.36. The number of nitrogens with zero attached hydrogens (tertiary/aromatic N) is 1. The van der Waals surface area contributed by atoms with Gasteiger partial charge in [0.15, 0.2) is 0 Å². The predicted octanol–water partition coefficient (Wildman–Crippen LogP) is 7.79. The monoisotopic (exact) mass is 548 g/mol. The van der Waals surface area contributed by atoms with E-state index < -0.39 is 5.91 Å². The molecule has 0 spiro atoms. The molecule has 0 saturated heterocycles. The van der Waals surface area contributed by atoms with Crippen molar-refractivity contribution in [3.63, 3.8) is 0 Å². The van der Waals surface area contributed by atoms with E-state index in [4.69, 9.17) is 25.8 Å². The third-order valence-corrected chi connectivity index (χ3v) is 6.87. The molecule has 6 nitrogen and oxygen atoms in total. The fourth-order valence-corrected chi connectivity index (χ4v) is 4.80. The average molecular weight is 549 g/mol. The molecular weight excluding hydrogens is 524 g/mol. The number of benzene rings is 5. The maximum Gasteiger partial charge on any atom is 0.266 e. The highest BCUT2D eigenvalue weighted by atomic mass is 35.5. The number of rotatable bonds is 8. The molecule has 0 aliphatic heterocycles. The highest BCUT2D eigenvalue weighted by molar-refractivity contribution is 6.32. The second-order valence-electron chi connectivity index (χ2n) is 8.94. The smallest absolute Gasteiger partial charge is 0.266 e. The molecule has 5 rings (SSSR count). The Morgan fingerprint density at radius 1 is 0.850 bits per heavy atom. The standard InChI is InChI=1S/C33H25ClN2O4/c1-38-31-18-29(32(39-2)17-28(31)34)36-33(37)24(19-35)16-27-26-13-6-4-9-22(26)14-15-30(27)40-20-23-11-7-10-21-8-3-5-12-25(21)23/h3-18H,20H2,1-2H3,(H,36,37)/b24-16+. The van der Waals surface area contributed by atoms with Gasteiger partial charge in [0.1, 0.15) is 35.5 Å². The number of ether oxygens (including phenoxy) is 3. The molecule has 7 heteroatoms. The lowest BCUT2D eigenvalue weighted by Gasteiger charge is -2.15. The van der Waals surface area contributed by atoms with Gasteiger partial charge in [0, 0.05) is 17.7 Å². The minimum Gasteiger partial charge on any atom is -0.495 e. The van der Waals surface area contributed by atoms with Gasteiger partial charge in [-0.15, -0.1) is 0 Å². The number of methoxy groups -OCH3 is 2. The van der Waals surface area contributed by atoms with Crippen molar-refractivity contribution in [1.29, 1.82) is 5.26 Å². The van der Waals surface area contributed by atoms with Gasteiger partial charge in [-0.2, -0.15) is 5.26 Å². The van der Waals surface area contributed by atoms with Crippen LogP contribution < -0.4 is 19.5 Å². The average Bonchev–Trinajstić information content (AvgIpc) is 2.99. The molecule has 0 bridgehead atoms. The van der Waals surface area contributed by atoms with Gasteiger partial charge in [-0.05, 0) is 39.3 Å². The minimum absolute atomic E-state index is 0.109. The van der Waals surface area contributed by atoms with Crippen LogP contribution >= 0.6 is 11.6 Å². The van der Waals surface area contributed by atoms with Gasteiger partial charge in [0.2, 0.25) is 0 Å². The topological polar surface area (TPSA) is 80.6 Å². The number of amides is 1. The largest absolute Gasteiger partial charge is 0.495 e. The molecule has 40 heavy (non-hydrogen) atoms. The van der Waals surface area contributed by atoms with Crippen LogP contribution in [-0.2, 0) is 11.4 Å². The summed E-state index contributed by atoms with van der Waals surface area (Å²) < 4.78 is 17.0. The maximum absolute atomic E-state index is 13.3. The van der Waals surface area contributed by atoms with Crippen molar-refractivity contribution in [1.82, 2.24) is 0 Å². The fourth-order valence-electron chi connectivity index (χ4n) is 4.56. The van der Waals surface area contributed by atoms with Gasteiger partial charge < -0.3 is 19.5 Å². The molecule has 0 fully saturated rings. The Balaban J connectivity index is 1.52. The summed E-state index contributed by atoms with van der Waals surface area (Å²) in [5, 5.41) is 17.1. The molecule has 5 aromatic rings. The molecule has 198 valence electrons. The maximum atomic E-state index is 13.3. The predicted molar refractivity (Wildman–Crippen MR) is 159 cm³/mol. The van der Waals surface area contributed by atoms with Gasteiger partial charge in [0.25, 0.3) is 5.91 Å². The Morgan fingerprint density at radius 2 is 1.52 bits per heavy atom. The highest BCUT2D eigenvalue weighted by Gasteiger charge is 2.17. The van der Waals surface area contributed by atoms with Crippen molar-refractivity contribution in [3.05, 3.63) is 113 Å². The Morgan fingerprint density at radius 3 is 2.25 bits per heavy atom. The van der Waals surface area contributed by atoms with Gasteiger partial charge in [-0.25, -0.2) is 0 Å². The number of halogens is 1. The van der Waals surface area contributed by atoms with Gasteiger partial charge in [-0.3, -0.25) is 4.79 Å². The SMILES string of the molecule is COc1cc(NC(=O)/C(C#N)=C/c2c(OCc3cccc4ccccc34)ccc3ccccc23)c(OC)cc1Cl. The number of anilines is 1. The van der Waals surface area contributed by atoms with E-state index in [1.54, 1.807) is 12.1 Å². The van der Waals surface area contributed by atoms with E-state index in [0.717, 1.165) is 27.1 Å². The third kappa shape index (κ3) is 5.42. The molecule has 5 aromatic carbocycles. The lowest BCUT2D eigenvalue weighted by atomic mass is 10.0. The molecule has 0 unspecified atom stereocenters. The number of hydrogen-bond donors (Lipinski definition) is 1. The minimum atomic E-state index is -0.613. The van der Waals surface area contributed by atoms with Crippen molar-refractivity contribution in [2.75, 3.05) is 19.5 Å². The lowest BCUT2D eigenvalue weighted by Crippen LogP contribution is -2.14. The summed E-state index contributed by atoms with van der Waals surface area (Å²) in [6, 6.07) is 30.9. The quantitative estimate of drug-likeness (QED) is 0.158. The molecule has 1 amide bonds. The number of carbonyl (C=O) groups is 1. The molecule has 0 heterocycles. The van der Waals surface area contributed by atoms with Crippen LogP contribution in [0.15, 0.2) is 96.6 Å². The van der Waals surface area contributed by atoms with Crippen LogP contribution in [0.1, 0.15) is 11.1 Å². The van der Waals surface area contributed by atoms with E-state index in [1.807, 2.05) is 66.7 Å². The summed E-state index contributed by atoms with van der Waals surface area (Å²) in [7, 11) is 2.94. The van der Waals surface area contributed by atoms with Crippen molar-refractivity contribution < 1.29 is 19.0 Å². The summed E-state index contributed by atoms with van der Waals surface area (Å²) in [5.41, 5.74) is 1.87. The van der Waals surface area contributed by atoms with Crippen LogP contribution in [0.4, 0.5) is 5.69 Å². The number of hydrogen-bond acceptors (Lipinski definition) is 5. The molecule has 0 aliphatic carbocycles. The molecule has 0 radical (unpaired) electrons. The van der Waals surface area contributed by atoms with E-state index in [0.29, 0.717) is 40.1 Å². The third-order valence-electron chi connectivity index (χ3n) is 6.57. The van der Waals surface area contributed by atoms with Crippen LogP contribution in [0.3, 0.4) is 0 Å². The second kappa shape index (κ2) is 11.8. The van der Waals surface area contributed by atoms with Crippen LogP contribution in [0.2, 0.25) is 5.02 Å². The zero-order valence-electron chi connectivity index (χ0n) is 21.9. The van der Waals surface area contributed by atoms with Gasteiger partial charge >= 0.3 is 0 Å². The first-order valence-corrected chi connectivity index (χ1v) is 12.9. The summed E-state index contributed by atoms with van der Waals surface area (Å²) >= 11 is 6.20. The summed E-state index contributed by atoms with van der Waals surface area (Å²) in [5.74, 6) is 0.634. The van der Waals surface area contributed by atoms with Crippen LogP contribution in [-0.4, -0.2) is 20.1 Å². The van der Waals surface area contributed by atoms with Crippen LogP contribution in [0.25, 0.3) is 27.6 Å². The zero-order chi connectivity index (χ0) is 28.1. The van der Waals surface area contributed by atoms with Crippen molar-refractivity contribution in [2.24, 2.45) is 0 Å². The van der Waals surface area contributed by atoms with Crippen molar-refractivity contribution in [2.45, 2.75) is 6.61 Å². The molecule has 0 saturated carbocycles. The molecule has 0 aromatic heterocycles. The van der Waals surface area contributed by atoms with E-state index >= 15 is 0 Å². The Labute approximate surface area is 237 Å².